The van der Waals surface area contributed by atoms with Gasteiger partial charge in [0.15, 0.2) is 0 Å². The van der Waals surface area contributed by atoms with Crippen molar-refractivity contribution in [1.29, 1.82) is 0 Å². The number of carbonyl (C=O) groups excluding carboxylic acids is 3. The first kappa shape index (κ1) is 53.9. The van der Waals surface area contributed by atoms with Crippen LogP contribution < -0.4 is 0 Å². The number of unbranched alkanes of at least 4 members (excludes halogenated alkanes) is 16. The summed E-state index contributed by atoms with van der Waals surface area (Å²) in [6, 6.07) is 0. The van der Waals surface area contributed by atoms with Crippen molar-refractivity contribution in [3.05, 3.63) is 23.3 Å². The van der Waals surface area contributed by atoms with Gasteiger partial charge in [0.25, 0.3) is 0 Å². The lowest BCUT2D eigenvalue weighted by Crippen LogP contribution is -2.23. The maximum atomic E-state index is 12.8. The molecule has 0 radical (unpaired) electrons. The molecule has 1 fully saturated rings. The fourth-order valence-electron chi connectivity index (χ4n) is 8.02. The number of carbonyl (C=O) groups is 3. The molecule has 0 saturated carbocycles. The molecule has 0 unspecified atom stereocenters. The van der Waals surface area contributed by atoms with Gasteiger partial charge in [-0.05, 0) is 141 Å². The summed E-state index contributed by atoms with van der Waals surface area (Å²) in [5.41, 5.74) is 2.91. The van der Waals surface area contributed by atoms with Crippen LogP contribution in [0.25, 0.3) is 0 Å². The third kappa shape index (κ3) is 33.7. The van der Waals surface area contributed by atoms with Crippen molar-refractivity contribution in [2.75, 3.05) is 32.8 Å². The van der Waals surface area contributed by atoms with Crippen molar-refractivity contribution in [3.8, 4) is 0 Å². The Morgan fingerprint density at radius 1 is 0.448 bits per heavy atom. The van der Waals surface area contributed by atoms with E-state index in [1.807, 2.05) is 0 Å². The van der Waals surface area contributed by atoms with E-state index in [-0.39, 0.29) is 24.0 Å². The number of hydrogen-bond acceptors (Lipinski definition) is 7. The van der Waals surface area contributed by atoms with Crippen LogP contribution in [0.2, 0.25) is 0 Å². The molecule has 1 saturated heterocycles. The summed E-state index contributed by atoms with van der Waals surface area (Å²) in [5.74, 6) is -0.210. The second-order valence-electron chi connectivity index (χ2n) is 17.3. The molecule has 1 aliphatic rings. The van der Waals surface area contributed by atoms with Crippen molar-refractivity contribution in [3.63, 3.8) is 0 Å². The molecule has 7 heteroatoms. The number of rotatable bonds is 41. The van der Waals surface area contributed by atoms with Gasteiger partial charge in [-0.25, -0.2) is 0 Å². The monoisotopic (exact) mass is 816 g/mol. The first-order valence-corrected chi connectivity index (χ1v) is 25.0. The van der Waals surface area contributed by atoms with E-state index in [9.17, 15) is 14.4 Å². The Bertz CT molecular complexity index is 960. The zero-order chi connectivity index (χ0) is 42.2. The molecule has 0 aromatic rings. The predicted molar refractivity (Wildman–Crippen MR) is 244 cm³/mol. The van der Waals surface area contributed by atoms with Crippen LogP contribution in [0, 0.1) is 0 Å². The summed E-state index contributed by atoms with van der Waals surface area (Å²) in [6.07, 6.45) is 40.6. The number of likely N-dealkylation sites (tertiary alicyclic amines) is 1. The second-order valence-corrected chi connectivity index (χ2v) is 17.3. The van der Waals surface area contributed by atoms with Crippen LogP contribution in [0.5, 0.6) is 0 Å². The largest absolute Gasteiger partial charge is 0.462 e. The molecule has 0 aromatic carbocycles. The molecule has 1 rings (SSSR count). The van der Waals surface area contributed by atoms with Crippen LogP contribution in [-0.4, -0.2) is 61.8 Å². The zero-order valence-corrected chi connectivity index (χ0v) is 38.7. The smallest absolute Gasteiger partial charge is 0.306 e. The molecule has 0 spiro atoms. The molecule has 0 atom stereocenters. The SMILES string of the molecule is CCCCCC(=CCOC(=O)CCCCCCCC(CCCCCCCC(=O)OCC=C(CCCCC)CCCCC)OC(=O)CCCN1CCCC1)CCCCC. The van der Waals surface area contributed by atoms with Gasteiger partial charge in [0.05, 0.1) is 0 Å². The molecular weight excluding hydrogens is 723 g/mol. The summed E-state index contributed by atoms with van der Waals surface area (Å²) in [5, 5.41) is 0. The molecule has 1 aliphatic heterocycles. The quantitative estimate of drug-likeness (QED) is 0.0263. The number of ether oxygens (including phenoxy) is 3. The molecule has 0 aliphatic carbocycles. The molecule has 0 bridgehead atoms. The van der Waals surface area contributed by atoms with Crippen molar-refractivity contribution in [2.24, 2.45) is 0 Å². The van der Waals surface area contributed by atoms with E-state index < -0.39 is 0 Å². The van der Waals surface area contributed by atoms with Crippen molar-refractivity contribution in [1.82, 2.24) is 4.90 Å². The van der Waals surface area contributed by atoms with Crippen LogP contribution in [-0.2, 0) is 28.6 Å². The van der Waals surface area contributed by atoms with Crippen LogP contribution in [0.3, 0.4) is 0 Å². The van der Waals surface area contributed by atoms with E-state index in [1.54, 1.807) is 0 Å². The molecule has 0 amide bonds. The van der Waals surface area contributed by atoms with Crippen LogP contribution >= 0.6 is 0 Å². The highest BCUT2D eigenvalue weighted by Gasteiger charge is 2.16. The molecule has 0 aromatic heterocycles. The van der Waals surface area contributed by atoms with Gasteiger partial charge in [0.1, 0.15) is 19.3 Å². The van der Waals surface area contributed by atoms with Gasteiger partial charge >= 0.3 is 17.9 Å². The topological polar surface area (TPSA) is 82.1 Å². The minimum absolute atomic E-state index is 0.0203. The van der Waals surface area contributed by atoms with Crippen molar-refractivity contribution >= 4 is 17.9 Å². The molecule has 1 heterocycles. The summed E-state index contributed by atoms with van der Waals surface area (Å²) in [7, 11) is 0. The lowest BCUT2D eigenvalue weighted by Gasteiger charge is -2.19. The Hall–Kier alpha value is -2.15. The second kappa shape index (κ2) is 40.3. The Kier molecular flexibility index (Phi) is 37.4. The number of allylic oxidation sites excluding steroid dienone is 2. The first-order chi connectivity index (χ1) is 28.4. The van der Waals surface area contributed by atoms with E-state index in [2.05, 4.69) is 44.7 Å². The third-order valence-corrected chi connectivity index (χ3v) is 11.8. The lowest BCUT2D eigenvalue weighted by atomic mass is 10.0. The van der Waals surface area contributed by atoms with Crippen molar-refractivity contribution in [2.45, 2.75) is 252 Å². The molecular formula is C51H93NO6. The maximum absolute atomic E-state index is 12.8. The summed E-state index contributed by atoms with van der Waals surface area (Å²) in [6.45, 7) is 13.1. The highest BCUT2D eigenvalue weighted by Crippen LogP contribution is 2.20. The molecule has 0 N–H and O–H groups in total. The molecule has 338 valence electrons. The average molecular weight is 816 g/mol. The molecule has 58 heavy (non-hydrogen) atoms. The number of nitrogens with zero attached hydrogens (tertiary/aromatic N) is 1. The van der Waals surface area contributed by atoms with Crippen LogP contribution in [0.4, 0.5) is 0 Å². The first-order valence-electron chi connectivity index (χ1n) is 25.0. The zero-order valence-electron chi connectivity index (χ0n) is 38.7. The maximum Gasteiger partial charge on any atom is 0.306 e. The van der Waals surface area contributed by atoms with Gasteiger partial charge < -0.3 is 19.1 Å². The standard InChI is InChI=1S/C51H93NO6/c1-5-9-19-30-46(31-20-10-6-2)39-44-56-49(53)36-25-17-13-15-23-34-48(58-51(55)38-29-43-52-41-27-28-42-52)35-24-16-14-18-26-37-50(54)57-45-40-47(32-21-11-7-3)33-22-12-8-4/h39-40,48H,5-38,41-45H2,1-4H3. The fraction of sp³-hybridized carbons (Fsp3) is 0.863. The Balaban J connectivity index is 2.35. The summed E-state index contributed by atoms with van der Waals surface area (Å²) in [4.78, 5) is 40.1. The molecule has 7 nitrogen and oxygen atoms in total. The van der Waals surface area contributed by atoms with E-state index in [0.717, 1.165) is 129 Å². The van der Waals surface area contributed by atoms with E-state index >= 15 is 0 Å². The Morgan fingerprint density at radius 2 is 0.810 bits per heavy atom. The predicted octanol–water partition coefficient (Wildman–Crippen LogP) is 14.5. The Morgan fingerprint density at radius 3 is 1.22 bits per heavy atom. The minimum atomic E-state index is -0.0816. The van der Waals surface area contributed by atoms with E-state index in [4.69, 9.17) is 14.2 Å². The lowest BCUT2D eigenvalue weighted by molar-refractivity contribution is -0.150. The van der Waals surface area contributed by atoms with Gasteiger partial charge in [-0.15, -0.1) is 0 Å². The normalized spacial score (nSPS) is 12.8. The van der Waals surface area contributed by atoms with Gasteiger partial charge in [-0.3, -0.25) is 14.4 Å². The number of esters is 3. The summed E-state index contributed by atoms with van der Waals surface area (Å²) < 4.78 is 17.2. The highest BCUT2D eigenvalue weighted by molar-refractivity contribution is 5.70. The van der Waals surface area contributed by atoms with E-state index in [1.165, 1.54) is 101 Å². The van der Waals surface area contributed by atoms with Gasteiger partial charge in [-0.2, -0.15) is 0 Å². The van der Waals surface area contributed by atoms with Gasteiger partial charge in [-0.1, -0.05) is 129 Å². The van der Waals surface area contributed by atoms with E-state index in [0.29, 0.717) is 32.5 Å². The fourth-order valence-corrected chi connectivity index (χ4v) is 8.02. The highest BCUT2D eigenvalue weighted by atomic mass is 16.5. The number of hydrogen-bond donors (Lipinski definition) is 0. The van der Waals surface area contributed by atoms with Crippen LogP contribution in [0.15, 0.2) is 23.3 Å². The van der Waals surface area contributed by atoms with Gasteiger partial charge in [0.2, 0.25) is 0 Å². The summed E-state index contributed by atoms with van der Waals surface area (Å²) >= 11 is 0. The van der Waals surface area contributed by atoms with Gasteiger partial charge in [0, 0.05) is 19.3 Å². The average Bonchev–Trinajstić information content (AvgIpc) is 3.73. The van der Waals surface area contributed by atoms with Crippen LogP contribution in [0.1, 0.15) is 246 Å². The minimum Gasteiger partial charge on any atom is -0.462 e. The van der Waals surface area contributed by atoms with Crippen molar-refractivity contribution < 1.29 is 28.6 Å². The Labute approximate surface area is 358 Å². The third-order valence-electron chi connectivity index (χ3n) is 11.8.